The zero-order valence-corrected chi connectivity index (χ0v) is 27.4. The van der Waals surface area contributed by atoms with Crippen LogP contribution in [0.3, 0.4) is 0 Å². The van der Waals surface area contributed by atoms with Gasteiger partial charge in [0.15, 0.2) is 0 Å². The Balaban J connectivity index is 1.38. The van der Waals surface area contributed by atoms with Gasteiger partial charge in [-0.05, 0) is 77.2 Å². The first-order valence-corrected chi connectivity index (χ1v) is 17.5. The number of rotatable bonds is 5. The van der Waals surface area contributed by atoms with Crippen LogP contribution in [0.15, 0.2) is 182 Å². The normalized spacial score (nSPS) is 11.7. The molecule has 0 aliphatic carbocycles. The molecule has 0 aliphatic heterocycles. The fourth-order valence-corrected chi connectivity index (χ4v) is 8.72. The predicted molar refractivity (Wildman–Crippen MR) is 211 cm³/mol. The van der Waals surface area contributed by atoms with Gasteiger partial charge in [0.1, 0.15) is 0 Å². The molecule has 0 bridgehead atoms. The number of thiophene rings is 1. The summed E-state index contributed by atoms with van der Waals surface area (Å²) in [5.74, 6) is 0. The minimum absolute atomic E-state index is 1.12. The molecule has 0 atom stereocenters. The summed E-state index contributed by atoms with van der Waals surface area (Å²) in [6.45, 7) is 0. The largest absolute Gasteiger partial charge is 0.308 e. The van der Waals surface area contributed by atoms with E-state index < -0.39 is 0 Å². The minimum Gasteiger partial charge on any atom is -0.308 e. The zero-order chi connectivity index (χ0) is 32.3. The van der Waals surface area contributed by atoms with Crippen LogP contribution in [0.2, 0.25) is 0 Å². The molecule has 10 rings (SSSR count). The van der Waals surface area contributed by atoms with Gasteiger partial charge in [0.05, 0.1) is 16.7 Å². The number of fused-ring (bicyclic) bond motifs is 8. The summed E-state index contributed by atoms with van der Waals surface area (Å²) in [5.41, 5.74) is 9.37. The van der Waals surface area contributed by atoms with E-state index in [0.717, 1.165) is 22.7 Å². The molecular formula is C46H30N2S. The molecule has 0 N–H and O–H groups in total. The first-order valence-electron chi connectivity index (χ1n) is 16.7. The molecule has 0 fully saturated rings. The lowest BCUT2D eigenvalue weighted by molar-refractivity contribution is 1.17. The Kier molecular flexibility index (Phi) is 6.39. The second-order valence-electron chi connectivity index (χ2n) is 12.5. The van der Waals surface area contributed by atoms with Crippen LogP contribution in [0.1, 0.15) is 0 Å². The molecular weight excluding hydrogens is 613 g/mol. The second kappa shape index (κ2) is 11.2. The summed E-state index contributed by atoms with van der Waals surface area (Å²) in [7, 11) is 0. The summed E-state index contributed by atoms with van der Waals surface area (Å²) in [6.07, 6.45) is 0. The van der Waals surface area contributed by atoms with Gasteiger partial charge in [0.25, 0.3) is 0 Å². The summed E-state index contributed by atoms with van der Waals surface area (Å²) >= 11 is 1.86. The third-order valence-corrected chi connectivity index (χ3v) is 10.9. The zero-order valence-electron chi connectivity index (χ0n) is 26.6. The number of aromatic nitrogens is 1. The maximum atomic E-state index is 2.50. The monoisotopic (exact) mass is 642 g/mol. The van der Waals surface area contributed by atoms with E-state index in [4.69, 9.17) is 0 Å². The summed E-state index contributed by atoms with van der Waals surface area (Å²) in [4.78, 5) is 2.44. The predicted octanol–water partition coefficient (Wildman–Crippen LogP) is 13.4. The Bertz CT molecular complexity index is 2810. The number of para-hydroxylation sites is 3. The van der Waals surface area contributed by atoms with Gasteiger partial charge in [-0.25, -0.2) is 0 Å². The first kappa shape index (κ1) is 27.9. The summed E-state index contributed by atoms with van der Waals surface area (Å²) < 4.78 is 5.12. The maximum absolute atomic E-state index is 2.50. The topological polar surface area (TPSA) is 8.17 Å². The van der Waals surface area contributed by atoms with Crippen molar-refractivity contribution in [3.63, 3.8) is 0 Å². The van der Waals surface area contributed by atoms with Gasteiger partial charge in [0, 0.05) is 53.4 Å². The third-order valence-electron chi connectivity index (χ3n) is 9.73. The Labute approximate surface area is 288 Å². The van der Waals surface area contributed by atoms with E-state index in [2.05, 4.69) is 191 Å². The molecule has 10 aromatic rings. The van der Waals surface area contributed by atoms with Crippen LogP contribution in [0.5, 0.6) is 0 Å². The summed E-state index contributed by atoms with van der Waals surface area (Å²) in [5, 5.41) is 7.53. The lowest BCUT2D eigenvalue weighted by Gasteiger charge is -2.27. The Morgan fingerprint density at radius 2 is 1.08 bits per heavy atom. The van der Waals surface area contributed by atoms with Gasteiger partial charge in [-0.1, -0.05) is 121 Å². The number of nitrogens with zero attached hydrogens (tertiary/aromatic N) is 2. The van der Waals surface area contributed by atoms with E-state index in [1.54, 1.807) is 0 Å². The second-order valence-corrected chi connectivity index (χ2v) is 13.6. The molecule has 0 radical (unpaired) electrons. The molecule has 230 valence electrons. The van der Waals surface area contributed by atoms with Gasteiger partial charge in [-0.3, -0.25) is 0 Å². The first-order chi connectivity index (χ1) is 24.3. The highest BCUT2D eigenvalue weighted by Crippen LogP contribution is 2.48. The smallest absolute Gasteiger partial charge is 0.0782 e. The van der Waals surface area contributed by atoms with E-state index in [1.807, 2.05) is 11.3 Å². The van der Waals surface area contributed by atoms with Gasteiger partial charge < -0.3 is 9.47 Å². The average molecular weight is 643 g/mol. The van der Waals surface area contributed by atoms with E-state index in [-0.39, 0.29) is 0 Å². The van der Waals surface area contributed by atoms with Crippen molar-refractivity contribution in [1.82, 2.24) is 4.57 Å². The van der Waals surface area contributed by atoms with Crippen molar-refractivity contribution in [2.75, 3.05) is 4.90 Å². The van der Waals surface area contributed by atoms with Crippen molar-refractivity contribution in [2.45, 2.75) is 0 Å². The van der Waals surface area contributed by atoms with Crippen molar-refractivity contribution >= 4 is 81.1 Å². The van der Waals surface area contributed by atoms with E-state index >= 15 is 0 Å². The molecule has 0 amide bonds. The molecule has 2 nitrogen and oxygen atoms in total. The SMILES string of the molecule is c1ccc(-c2cc3ccccc3c3c2c2cccc(N(c4ccccc4)c4ccc5sc6ccccc6c5c4)c2n3-c2ccccc2)cc1. The lowest BCUT2D eigenvalue weighted by Crippen LogP contribution is -2.11. The number of anilines is 3. The Morgan fingerprint density at radius 1 is 0.429 bits per heavy atom. The van der Waals surface area contributed by atoms with Crippen LogP contribution >= 0.6 is 11.3 Å². The lowest BCUT2D eigenvalue weighted by atomic mass is 9.95. The van der Waals surface area contributed by atoms with Crippen molar-refractivity contribution in [3.05, 3.63) is 182 Å². The van der Waals surface area contributed by atoms with E-state index in [9.17, 15) is 0 Å². The van der Waals surface area contributed by atoms with E-state index in [0.29, 0.717) is 0 Å². The highest BCUT2D eigenvalue weighted by molar-refractivity contribution is 7.25. The molecule has 0 saturated carbocycles. The van der Waals surface area contributed by atoms with Crippen molar-refractivity contribution in [1.29, 1.82) is 0 Å². The quantitative estimate of drug-likeness (QED) is 0.181. The molecule has 2 heterocycles. The van der Waals surface area contributed by atoms with Gasteiger partial charge in [-0.2, -0.15) is 0 Å². The fraction of sp³-hybridized carbons (Fsp3) is 0. The van der Waals surface area contributed by atoms with Crippen molar-refractivity contribution in [2.24, 2.45) is 0 Å². The third kappa shape index (κ3) is 4.40. The van der Waals surface area contributed by atoms with Crippen LogP contribution in [0.4, 0.5) is 17.1 Å². The van der Waals surface area contributed by atoms with E-state index in [1.165, 1.54) is 63.9 Å². The molecule has 0 spiro atoms. The minimum atomic E-state index is 1.12. The molecule has 8 aromatic carbocycles. The van der Waals surface area contributed by atoms with Gasteiger partial charge in [0.2, 0.25) is 0 Å². The molecule has 2 aromatic heterocycles. The standard InChI is InChI=1S/C46H30N2S/c1-4-15-31(16-5-1)39-29-32-17-10-11-22-36(32)46-44(39)38-24-14-25-41(45(38)48(46)34-20-8-3-9-21-34)47(33-18-6-2-7-19-33)35-27-28-43-40(30-35)37-23-12-13-26-42(37)49-43/h1-30H. The molecule has 49 heavy (non-hydrogen) atoms. The van der Waals surface area contributed by atoms with Crippen LogP contribution in [0, 0.1) is 0 Å². The van der Waals surface area contributed by atoms with Crippen LogP contribution < -0.4 is 4.90 Å². The van der Waals surface area contributed by atoms with Gasteiger partial charge in [-0.15, -0.1) is 11.3 Å². The van der Waals surface area contributed by atoms with Crippen molar-refractivity contribution < 1.29 is 0 Å². The van der Waals surface area contributed by atoms with Crippen molar-refractivity contribution in [3.8, 4) is 16.8 Å². The van der Waals surface area contributed by atoms with Crippen LogP contribution in [-0.2, 0) is 0 Å². The number of benzene rings is 8. The highest BCUT2D eigenvalue weighted by atomic mass is 32.1. The Hall–Kier alpha value is -6.16. The molecule has 0 aliphatic rings. The van der Waals surface area contributed by atoms with Crippen LogP contribution in [-0.4, -0.2) is 4.57 Å². The Morgan fingerprint density at radius 3 is 1.90 bits per heavy atom. The summed E-state index contributed by atoms with van der Waals surface area (Å²) in [6, 6.07) is 66.2. The average Bonchev–Trinajstić information content (AvgIpc) is 3.73. The highest BCUT2D eigenvalue weighted by Gasteiger charge is 2.25. The maximum Gasteiger partial charge on any atom is 0.0782 e. The number of hydrogen-bond acceptors (Lipinski definition) is 2. The van der Waals surface area contributed by atoms with Gasteiger partial charge >= 0.3 is 0 Å². The molecule has 3 heteroatoms. The number of hydrogen-bond donors (Lipinski definition) is 0. The van der Waals surface area contributed by atoms with Crippen LogP contribution in [0.25, 0.3) is 69.6 Å². The fourth-order valence-electron chi connectivity index (χ4n) is 7.63. The molecule has 0 saturated heterocycles. The molecule has 0 unspecified atom stereocenters.